The lowest BCUT2D eigenvalue weighted by Gasteiger charge is -2.35. The quantitative estimate of drug-likeness (QED) is 0.913. The molecule has 0 radical (unpaired) electrons. The standard InChI is InChI=1S/C17H26N2O/c1-12(2)18-9-14-4-7-17(13(3)8-14)19-10-15-5-6-16(11-19)20-15/h4,7-8,12,15-16,18H,5-6,9-11H2,1-3H3. The van der Waals surface area contributed by atoms with E-state index < -0.39 is 0 Å². The molecule has 0 spiro atoms. The molecule has 3 rings (SSSR count). The van der Waals surface area contributed by atoms with Gasteiger partial charge in [-0.2, -0.15) is 0 Å². The minimum Gasteiger partial charge on any atom is -0.371 e. The van der Waals surface area contributed by atoms with E-state index in [-0.39, 0.29) is 0 Å². The maximum atomic E-state index is 5.93. The summed E-state index contributed by atoms with van der Waals surface area (Å²) >= 11 is 0. The maximum Gasteiger partial charge on any atom is 0.0755 e. The molecule has 2 aliphatic rings. The van der Waals surface area contributed by atoms with E-state index in [1.165, 1.54) is 29.7 Å². The van der Waals surface area contributed by atoms with E-state index in [4.69, 9.17) is 4.74 Å². The molecule has 1 aromatic rings. The van der Waals surface area contributed by atoms with Gasteiger partial charge in [-0.25, -0.2) is 0 Å². The van der Waals surface area contributed by atoms with E-state index in [0.29, 0.717) is 18.2 Å². The Morgan fingerprint density at radius 3 is 2.55 bits per heavy atom. The highest BCUT2D eigenvalue weighted by atomic mass is 16.5. The first kappa shape index (κ1) is 13.9. The normalized spacial score (nSPS) is 25.5. The largest absolute Gasteiger partial charge is 0.371 e. The highest BCUT2D eigenvalue weighted by molar-refractivity contribution is 5.55. The molecule has 2 bridgehead atoms. The van der Waals surface area contributed by atoms with Gasteiger partial charge in [0.05, 0.1) is 12.2 Å². The van der Waals surface area contributed by atoms with Gasteiger partial charge in [-0.05, 0) is 37.0 Å². The van der Waals surface area contributed by atoms with Crippen LogP contribution in [-0.4, -0.2) is 31.3 Å². The van der Waals surface area contributed by atoms with Crippen LogP contribution in [0.3, 0.4) is 0 Å². The molecule has 0 amide bonds. The first-order chi connectivity index (χ1) is 9.61. The Morgan fingerprint density at radius 1 is 1.25 bits per heavy atom. The molecular formula is C17H26N2O. The van der Waals surface area contributed by atoms with Crippen LogP contribution >= 0.6 is 0 Å². The van der Waals surface area contributed by atoms with Gasteiger partial charge in [0.25, 0.3) is 0 Å². The summed E-state index contributed by atoms with van der Waals surface area (Å²) in [5.41, 5.74) is 4.14. The van der Waals surface area contributed by atoms with E-state index in [9.17, 15) is 0 Å². The van der Waals surface area contributed by atoms with Gasteiger partial charge in [-0.3, -0.25) is 0 Å². The molecule has 2 heterocycles. The van der Waals surface area contributed by atoms with Crippen molar-refractivity contribution in [3.05, 3.63) is 29.3 Å². The number of nitrogens with one attached hydrogen (secondary N) is 1. The molecular weight excluding hydrogens is 248 g/mol. The van der Waals surface area contributed by atoms with E-state index in [1.807, 2.05) is 0 Å². The lowest BCUT2D eigenvalue weighted by atomic mass is 10.1. The zero-order valence-corrected chi connectivity index (χ0v) is 12.9. The van der Waals surface area contributed by atoms with Crippen molar-refractivity contribution >= 4 is 5.69 Å². The van der Waals surface area contributed by atoms with Crippen molar-refractivity contribution in [3.8, 4) is 0 Å². The second-order valence-corrected chi connectivity index (χ2v) is 6.52. The number of ether oxygens (including phenoxy) is 1. The zero-order valence-electron chi connectivity index (χ0n) is 12.9. The second kappa shape index (κ2) is 5.74. The number of rotatable bonds is 4. The monoisotopic (exact) mass is 274 g/mol. The predicted molar refractivity (Wildman–Crippen MR) is 83.3 cm³/mol. The van der Waals surface area contributed by atoms with Gasteiger partial charge < -0.3 is 15.0 Å². The number of hydrogen-bond acceptors (Lipinski definition) is 3. The van der Waals surface area contributed by atoms with Crippen molar-refractivity contribution in [1.82, 2.24) is 5.32 Å². The van der Waals surface area contributed by atoms with E-state index in [2.05, 4.69) is 49.2 Å². The maximum absolute atomic E-state index is 5.93. The Hall–Kier alpha value is -1.06. The number of anilines is 1. The minimum absolute atomic E-state index is 0.454. The molecule has 3 nitrogen and oxygen atoms in total. The van der Waals surface area contributed by atoms with Gasteiger partial charge in [0, 0.05) is 31.4 Å². The summed E-state index contributed by atoms with van der Waals surface area (Å²) < 4.78 is 5.93. The van der Waals surface area contributed by atoms with Gasteiger partial charge in [0.1, 0.15) is 0 Å². The molecule has 0 aliphatic carbocycles. The van der Waals surface area contributed by atoms with E-state index in [1.54, 1.807) is 0 Å². The van der Waals surface area contributed by atoms with Crippen LogP contribution in [0.5, 0.6) is 0 Å². The summed E-state index contributed by atoms with van der Waals surface area (Å²) in [6.45, 7) is 9.66. The van der Waals surface area contributed by atoms with Crippen molar-refractivity contribution in [1.29, 1.82) is 0 Å². The van der Waals surface area contributed by atoms with Crippen LogP contribution in [0.15, 0.2) is 18.2 Å². The summed E-state index contributed by atoms with van der Waals surface area (Å²) in [6.07, 6.45) is 3.37. The minimum atomic E-state index is 0.454. The smallest absolute Gasteiger partial charge is 0.0755 e. The van der Waals surface area contributed by atoms with Crippen LogP contribution in [0.25, 0.3) is 0 Å². The van der Waals surface area contributed by atoms with Crippen molar-refractivity contribution in [2.45, 2.75) is 58.4 Å². The first-order valence-corrected chi connectivity index (χ1v) is 7.85. The van der Waals surface area contributed by atoms with Crippen molar-refractivity contribution in [2.24, 2.45) is 0 Å². The van der Waals surface area contributed by atoms with Crippen molar-refractivity contribution < 1.29 is 4.74 Å². The third kappa shape index (κ3) is 2.99. The molecule has 0 saturated carbocycles. The van der Waals surface area contributed by atoms with Gasteiger partial charge in [0.2, 0.25) is 0 Å². The Bertz CT molecular complexity index is 460. The highest BCUT2D eigenvalue weighted by Crippen LogP contribution is 2.31. The molecule has 1 N–H and O–H groups in total. The summed E-state index contributed by atoms with van der Waals surface area (Å²) in [5.74, 6) is 0. The Labute approximate surface area is 122 Å². The number of fused-ring (bicyclic) bond motifs is 2. The van der Waals surface area contributed by atoms with Crippen LogP contribution in [-0.2, 0) is 11.3 Å². The SMILES string of the molecule is Cc1cc(CNC(C)C)ccc1N1CC2CCC(C1)O2. The highest BCUT2D eigenvalue weighted by Gasteiger charge is 2.34. The molecule has 1 aromatic carbocycles. The van der Waals surface area contributed by atoms with Gasteiger partial charge in [-0.1, -0.05) is 26.0 Å². The third-order valence-corrected chi connectivity index (χ3v) is 4.36. The number of aryl methyl sites for hydroxylation is 1. The fourth-order valence-corrected chi connectivity index (χ4v) is 3.32. The van der Waals surface area contributed by atoms with Gasteiger partial charge in [0.15, 0.2) is 0 Å². The van der Waals surface area contributed by atoms with Crippen LogP contribution in [0.1, 0.15) is 37.8 Å². The first-order valence-electron chi connectivity index (χ1n) is 7.85. The van der Waals surface area contributed by atoms with Crippen LogP contribution in [0.2, 0.25) is 0 Å². The molecule has 0 aromatic heterocycles. The van der Waals surface area contributed by atoms with E-state index in [0.717, 1.165) is 19.6 Å². The summed E-state index contributed by atoms with van der Waals surface area (Å²) in [6, 6.07) is 7.40. The molecule has 2 saturated heterocycles. The van der Waals surface area contributed by atoms with Gasteiger partial charge >= 0.3 is 0 Å². The molecule has 20 heavy (non-hydrogen) atoms. The number of benzene rings is 1. The van der Waals surface area contributed by atoms with Gasteiger partial charge in [-0.15, -0.1) is 0 Å². The molecule has 2 atom stereocenters. The molecule has 2 unspecified atom stereocenters. The summed E-state index contributed by atoms with van der Waals surface area (Å²) in [4.78, 5) is 2.51. The predicted octanol–water partition coefficient (Wildman–Crippen LogP) is 2.86. The van der Waals surface area contributed by atoms with E-state index >= 15 is 0 Å². The van der Waals surface area contributed by atoms with Crippen LogP contribution < -0.4 is 10.2 Å². The van der Waals surface area contributed by atoms with Crippen molar-refractivity contribution in [2.75, 3.05) is 18.0 Å². The number of nitrogens with zero attached hydrogens (tertiary/aromatic N) is 1. The Morgan fingerprint density at radius 2 is 1.95 bits per heavy atom. The molecule has 2 aliphatic heterocycles. The van der Waals surface area contributed by atoms with Crippen LogP contribution in [0.4, 0.5) is 5.69 Å². The second-order valence-electron chi connectivity index (χ2n) is 6.52. The molecule has 110 valence electrons. The molecule has 2 fully saturated rings. The number of morpholine rings is 1. The lowest BCUT2D eigenvalue weighted by molar-refractivity contribution is 0.0304. The fraction of sp³-hybridized carbons (Fsp3) is 0.647. The van der Waals surface area contributed by atoms with Crippen LogP contribution in [0, 0.1) is 6.92 Å². The van der Waals surface area contributed by atoms with Crippen molar-refractivity contribution in [3.63, 3.8) is 0 Å². The number of hydrogen-bond donors (Lipinski definition) is 1. The topological polar surface area (TPSA) is 24.5 Å². The fourth-order valence-electron chi connectivity index (χ4n) is 3.32. The Kier molecular flexibility index (Phi) is 3.99. The average Bonchev–Trinajstić information content (AvgIpc) is 2.75. The average molecular weight is 274 g/mol. The zero-order chi connectivity index (χ0) is 14.1. The summed E-state index contributed by atoms with van der Waals surface area (Å²) in [5, 5.41) is 3.48. The third-order valence-electron chi connectivity index (χ3n) is 4.36. The summed E-state index contributed by atoms with van der Waals surface area (Å²) in [7, 11) is 0. The lowest BCUT2D eigenvalue weighted by Crippen LogP contribution is -2.42. The Balaban J connectivity index is 1.71. The molecule has 3 heteroatoms.